The molecule has 1 aromatic heterocycles. The highest BCUT2D eigenvalue weighted by Crippen LogP contribution is 2.35. The Morgan fingerprint density at radius 3 is 1.96 bits per heavy atom. The average Bonchev–Trinajstić information content (AvgIpc) is 2.82. The van der Waals surface area contributed by atoms with Gasteiger partial charge >= 0.3 is 12.4 Å². The molecule has 0 atom stereocenters. The zero-order valence-electron chi connectivity index (χ0n) is 12.5. The molecule has 0 aliphatic rings. The van der Waals surface area contributed by atoms with Crippen molar-refractivity contribution in [2.75, 3.05) is 0 Å². The van der Waals surface area contributed by atoms with E-state index in [4.69, 9.17) is 0 Å². The van der Waals surface area contributed by atoms with E-state index in [1.54, 1.807) is 0 Å². The molecule has 1 heterocycles. The second kappa shape index (κ2) is 5.47. The molecule has 9 heteroatoms. The maximum Gasteiger partial charge on any atom is 0.416 e. The molecule has 2 nitrogen and oxygen atoms in total. The zero-order valence-corrected chi connectivity index (χ0v) is 12.5. The first-order valence-corrected chi connectivity index (χ1v) is 6.89. The normalized spacial score (nSPS) is 12.8. The molecule has 0 unspecified atom stereocenters. The Labute approximate surface area is 136 Å². The second-order valence-corrected chi connectivity index (χ2v) is 5.39. The molecule has 0 aliphatic carbocycles. The molecule has 0 N–H and O–H groups in total. The van der Waals surface area contributed by atoms with E-state index >= 15 is 0 Å². The number of aryl methyl sites for hydroxylation is 1. The van der Waals surface area contributed by atoms with Crippen LogP contribution in [0.3, 0.4) is 0 Å². The van der Waals surface area contributed by atoms with Crippen LogP contribution in [0.25, 0.3) is 22.4 Å². The molecule has 0 fully saturated rings. The van der Waals surface area contributed by atoms with E-state index in [1.807, 2.05) is 0 Å². The minimum absolute atomic E-state index is 0.0355. The van der Waals surface area contributed by atoms with Crippen LogP contribution in [0.4, 0.5) is 30.7 Å². The summed E-state index contributed by atoms with van der Waals surface area (Å²) in [7, 11) is 1.44. The number of hydrogen-bond donors (Lipinski definition) is 0. The molecular formula is C16H9F7N2. The molecule has 0 spiro atoms. The van der Waals surface area contributed by atoms with Crippen molar-refractivity contribution in [1.29, 1.82) is 0 Å². The lowest BCUT2D eigenvalue weighted by Gasteiger charge is -2.09. The summed E-state index contributed by atoms with van der Waals surface area (Å²) in [6.07, 6.45) is -9.27. The number of imidazole rings is 1. The number of fused-ring (bicyclic) bond motifs is 1. The summed E-state index contributed by atoms with van der Waals surface area (Å²) in [6, 6.07) is 4.77. The van der Waals surface area contributed by atoms with Crippen molar-refractivity contribution in [1.82, 2.24) is 9.55 Å². The molecule has 25 heavy (non-hydrogen) atoms. The van der Waals surface area contributed by atoms with Gasteiger partial charge in [-0.2, -0.15) is 26.3 Å². The maximum absolute atomic E-state index is 14.1. The van der Waals surface area contributed by atoms with Gasteiger partial charge in [0, 0.05) is 7.05 Å². The van der Waals surface area contributed by atoms with Gasteiger partial charge in [0.05, 0.1) is 27.7 Å². The number of nitrogens with zero attached hydrogens (tertiary/aromatic N) is 2. The highest BCUT2D eigenvalue weighted by molar-refractivity contribution is 5.81. The minimum atomic E-state index is -4.70. The first-order valence-electron chi connectivity index (χ1n) is 6.89. The van der Waals surface area contributed by atoms with Gasteiger partial charge in [0.1, 0.15) is 11.6 Å². The predicted octanol–water partition coefficient (Wildman–Crippen LogP) is 5.42. The Kier molecular flexibility index (Phi) is 3.77. The topological polar surface area (TPSA) is 17.8 Å². The largest absolute Gasteiger partial charge is 0.416 e. The Bertz CT molecular complexity index is 951. The zero-order chi connectivity index (χ0) is 18.6. The van der Waals surface area contributed by atoms with E-state index in [2.05, 4.69) is 4.98 Å². The summed E-state index contributed by atoms with van der Waals surface area (Å²) in [5.41, 5.74) is -2.06. The lowest BCUT2D eigenvalue weighted by atomic mass is 10.1. The Balaban J connectivity index is 2.15. The van der Waals surface area contributed by atoms with Crippen molar-refractivity contribution in [3.63, 3.8) is 0 Å². The molecule has 0 bridgehead atoms. The number of hydrogen-bond acceptors (Lipinski definition) is 1. The summed E-state index contributed by atoms with van der Waals surface area (Å²) in [5.74, 6) is -1.23. The third-order valence-electron chi connectivity index (χ3n) is 3.75. The van der Waals surface area contributed by atoms with Gasteiger partial charge in [-0.25, -0.2) is 9.37 Å². The average molecular weight is 362 g/mol. The molecule has 0 saturated carbocycles. The van der Waals surface area contributed by atoms with Crippen LogP contribution < -0.4 is 0 Å². The van der Waals surface area contributed by atoms with E-state index in [1.165, 1.54) is 17.7 Å². The Hall–Kier alpha value is -2.58. The Morgan fingerprint density at radius 2 is 1.40 bits per heavy atom. The molecule has 0 amide bonds. The summed E-state index contributed by atoms with van der Waals surface area (Å²) < 4.78 is 91.6. The van der Waals surface area contributed by atoms with Crippen LogP contribution in [0.1, 0.15) is 11.1 Å². The Morgan fingerprint density at radius 1 is 0.840 bits per heavy atom. The first-order chi connectivity index (χ1) is 11.5. The van der Waals surface area contributed by atoms with Gasteiger partial charge in [-0.1, -0.05) is 0 Å². The predicted molar refractivity (Wildman–Crippen MR) is 76.1 cm³/mol. The van der Waals surface area contributed by atoms with Crippen molar-refractivity contribution in [3.05, 3.63) is 53.3 Å². The highest BCUT2D eigenvalue weighted by atomic mass is 19.4. The lowest BCUT2D eigenvalue weighted by molar-refractivity contribution is -0.138. The van der Waals surface area contributed by atoms with Crippen LogP contribution in [-0.2, 0) is 19.4 Å². The first kappa shape index (κ1) is 17.2. The van der Waals surface area contributed by atoms with Gasteiger partial charge in [-0.3, -0.25) is 0 Å². The molecule has 2 aromatic carbocycles. The fourth-order valence-corrected chi connectivity index (χ4v) is 2.49. The van der Waals surface area contributed by atoms with Crippen molar-refractivity contribution < 1.29 is 30.7 Å². The van der Waals surface area contributed by atoms with E-state index in [9.17, 15) is 30.7 Å². The van der Waals surface area contributed by atoms with Crippen LogP contribution in [0.5, 0.6) is 0 Å². The summed E-state index contributed by atoms with van der Waals surface area (Å²) in [5, 5.41) is 0. The number of halogens is 7. The number of alkyl halides is 6. The molecule has 132 valence electrons. The number of rotatable bonds is 1. The SMILES string of the molecule is Cn1c(-c2ccc(C(F)(F)F)cc2F)nc2cc(C(F)(F)F)ccc21. The maximum atomic E-state index is 14.1. The molecule has 3 rings (SSSR count). The van der Waals surface area contributed by atoms with Crippen LogP contribution in [0.2, 0.25) is 0 Å². The van der Waals surface area contributed by atoms with Crippen LogP contribution in [0, 0.1) is 5.82 Å². The minimum Gasteiger partial charge on any atom is -0.327 e. The van der Waals surface area contributed by atoms with Crippen LogP contribution >= 0.6 is 0 Å². The number of benzene rings is 2. The van der Waals surface area contributed by atoms with Crippen molar-refractivity contribution >= 4 is 11.0 Å². The summed E-state index contributed by atoms with van der Waals surface area (Å²) in [4.78, 5) is 3.95. The summed E-state index contributed by atoms with van der Waals surface area (Å²) >= 11 is 0. The third-order valence-corrected chi connectivity index (χ3v) is 3.75. The monoisotopic (exact) mass is 362 g/mol. The van der Waals surface area contributed by atoms with Crippen LogP contribution in [0.15, 0.2) is 36.4 Å². The third kappa shape index (κ3) is 3.06. The van der Waals surface area contributed by atoms with Gasteiger partial charge in [0.25, 0.3) is 0 Å². The number of aromatic nitrogens is 2. The van der Waals surface area contributed by atoms with Crippen molar-refractivity contribution in [2.24, 2.45) is 7.05 Å². The standard InChI is InChI=1S/C16H9F7N2/c1-25-13-5-3-9(16(21,22)23)7-12(13)24-14(25)10-4-2-8(6-11(10)17)15(18,19)20/h2-7H,1H3. The highest BCUT2D eigenvalue weighted by Gasteiger charge is 2.32. The van der Waals surface area contributed by atoms with E-state index in [0.717, 1.165) is 18.2 Å². The van der Waals surface area contributed by atoms with Gasteiger partial charge in [-0.05, 0) is 36.4 Å². The van der Waals surface area contributed by atoms with Gasteiger partial charge in [0.15, 0.2) is 0 Å². The van der Waals surface area contributed by atoms with Crippen molar-refractivity contribution in [3.8, 4) is 11.4 Å². The van der Waals surface area contributed by atoms with Gasteiger partial charge < -0.3 is 4.57 Å². The molecule has 0 aliphatic heterocycles. The molecule has 3 aromatic rings. The fraction of sp³-hybridized carbons (Fsp3) is 0.188. The van der Waals surface area contributed by atoms with E-state index in [-0.39, 0.29) is 16.9 Å². The van der Waals surface area contributed by atoms with Crippen LogP contribution in [-0.4, -0.2) is 9.55 Å². The molecular weight excluding hydrogens is 353 g/mol. The van der Waals surface area contributed by atoms with E-state index in [0.29, 0.717) is 17.6 Å². The quantitative estimate of drug-likeness (QED) is 0.529. The summed E-state index contributed by atoms with van der Waals surface area (Å²) in [6.45, 7) is 0. The molecule has 0 radical (unpaired) electrons. The van der Waals surface area contributed by atoms with E-state index < -0.39 is 29.3 Å². The fourth-order valence-electron chi connectivity index (χ4n) is 2.49. The van der Waals surface area contributed by atoms with Gasteiger partial charge in [-0.15, -0.1) is 0 Å². The lowest BCUT2D eigenvalue weighted by Crippen LogP contribution is -2.06. The second-order valence-electron chi connectivity index (χ2n) is 5.39. The molecule has 0 saturated heterocycles. The van der Waals surface area contributed by atoms with Crippen molar-refractivity contribution in [2.45, 2.75) is 12.4 Å². The smallest absolute Gasteiger partial charge is 0.327 e. The van der Waals surface area contributed by atoms with Gasteiger partial charge in [0.2, 0.25) is 0 Å².